The van der Waals surface area contributed by atoms with Gasteiger partial charge in [-0.05, 0) is 43.6 Å². The van der Waals surface area contributed by atoms with Crippen molar-refractivity contribution in [1.82, 2.24) is 25.0 Å². The van der Waals surface area contributed by atoms with E-state index in [1.807, 2.05) is 42.5 Å². The Labute approximate surface area is 234 Å². The fraction of sp³-hybridized carbons (Fsp3) is 0.345. The highest BCUT2D eigenvalue weighted by atomic mass is 32.2. The van der Waals surface area contributed by atoms with Crippen molar-refractivity contribution in [2.24, 2.45) is 0 Å². The van der Waals surface area contributed by atoms with E-state index in [0.29, 0.717) is 5.69 Å². The van der Waals surface area contributed by atoms with Gasteiger partial charge in [-0.1, -0.05) is 52.5 Å². The fourth-order valence-electron chi connectivity index (χ4n) is 5.69. The van der Waals surface area contributed by atoms with Gasteiger partial charge in [-0.3, -0.25) is 14.6 Å². The van der Waals surface area contributed by atoms with E-state index in [4.69, 9.17) is 4.74 Å². The van der Waals surface area contributed by atoms with E-state index in [-0.39, 0.29) is 25.3 Å². The molecule has 0 aliphatic carbocycles. The summed E-state index contributed by atoms with van der Waals surface area (Å²) in [5.41, 5.74) is 5.08. The number of rotatable bonds is 9. The number of nitrogens with zero attached hydrogens (tertiary/aromatic N) is 2. The van der Waals surface area contributed by atoms with E-state index >= 15 is 0 Å². The number of hydrogen-bond acceptors (Lipinski definition) is 7. The Bertz CT molecular complexity index is 1460. The Morgan fingerprint density at radius 2 is 1.77 bits per heavy atom. The predicted molar refractivity (Wildman–Crippen MR) is 151 cm³/mol. The van der Waals surface area contributed by atoms with Gasteiger partial charge in [0.25, 0.3) is 11.8 Å². The summed E-state index contributed by atoms with van der Waals surface area (Å²) in [6, 6.07) is 18.9. The summed E-state index contributed by atoms with van der Waals surface area (Å²) in [5, 5.41) is 6.08. The Morgan fingerprint density at radius 1 is 1.05 bits per heavy atom. The molecule has 40 heavy (non-hydrogen) atoms. The van der Waals surface area contributed by atoms with Gasteiger partial charge in [0.2, 0.25) is 0 Å². The summed E-state index contributed by atoms with van der Waals surface area (Å²) in [6.45, 7) is 1.74. The molecule has 2 aliphatic rings. The first-order valence-corrected chi connectivity index (χ1v) is 15.1. The van der Waals surface area contributed by atoms with Gasteiger partial charge in [-0.2, -0.15) is 13.8 Å². The number of aromatic nitrogens is 1. The highest BCUT2D eigenvalue weighted by Gasteiger charge is 2.60. The number of nitrogens with one attached hydrogen (secondary N) is 3. The summed E-state index contributed by atoms with van der Waals surface area (Å²) >= 11 is 0. The smallest absolute Gasteiger partial charge is 0.321 e. The van der Waals surface area contributed by atoms with Gasteiger partial charge in [0, 0.05) is 24.0 Å². The summed E-state index contributed by atoms with van der Waals surface area (Å²) in [5.74, 6) is -1.17. The molecule has 11 heteroatoms. The van der Waals surface area contributed by atoms with Gasteiger partial charge in [-0.25, -0.2) is 0 Å². The van der Waals surface area contributed by atoms with Crippen molar-refractivity contribution in [2.75, 3.05) is 32.5 Å². The quantitative estimate of drug-likeness (QED) is 0.340. The zero-order valence-corrected chi connectivity index (χ0v) is 23.2. The number of pyridine rings is 1. The first-order valence-electron chi connectivity index (χ1n) is 13.3. The SMILES string of the molecule is CS(=O)(=O)[N+]1(NC(=O)C(COCc2ccccc2)NC(=O)c2cccnc2)CC2(CCNCC2)c2ccccc21. The van der Waals surface area contributed by atoms with Crippen LogP contribution in [0.4, 0.5) is 5.69 Å². The van der Waals surface area contributed by atoms with Crippen molar-refractivity contribution in [3.63, 3.8) is 0 Å². The summed E-state index contributed by atoms with van der Waals surface area (Å²) in [4.78, 5) is 30.9. The number of carbonyl (C=O) groups is 2. The van der Waals surface area contributed by atoms with Crippen molar-refractivity contribution in [2.45, 2.75) is 30.9 Å². The van der Waals surface area contributed by atoms with Crippen LogP contribution < -0.4 is 20.1 Å². The molecule has 1 fully saturated rings. The maximum absolute atomic E-state index is 13.9. The van der Waals surface area contributed by atoms with Gasteiger partial charge >= 0.3 is 10.0 Å². The Balaban J connectivity index is 1.45. The van der Waals surface area contributed by atoms with E-state index in [9.17, 15) is 18.0 Å². The van der Waals surface area contributed by atoms with E-state index in [1.165, 1.54) is 6.20 Å². The largest absolute Gasteiger partial charge is 0.374 e. The minimum Gasteiger partial charge on any atom is -0.374 e. The lowest BCUT2D eigenvalue weighted by atomic mass is 9.75. The molecule has 1 aromatic heterocycles. The molecule has 3 heterocycles. The van der Waals surface area contributed by atoms with Crippen molar-refractivity contribution in [3.8, 4) is 0 Å². The first-order chi connectivity index (χ1) is 19.2. The zero-order valence-electron chi connectivity index (χ0n) is 22.4. The van der Waals surface area contributed by atoms with Crippen LogP contribution in [0.15, 0.2) is 79.1 Å². The van der Waals surface area contributed by atoms with Crippen LogP contribution >= 0.6 is 0 Å². The van der Waals surface area contributed by atoms with Crippen molar-refractivity contribution in [1.29, 1.82) is 0 Å². The van der Waals surface area contributed by atoms with Crippen LogP contribution in [0.2, 0.25) is 0 Å². The molecular formula is C29H34N5O5S+. The summed E-state index contributed by atoms with van der Waals surface area (Å²) in [6.07, 6.45) is 5.58. The lowest BCUT2D eigenvalue weighted by molar-refractivity contribution is -0.127. The molecule has 1 spiro atoms. The molecular weight excluding hydrogens is 530 g/mol. The third-order valence-electron chi connectivity index (χ3n) is 7.75. The fourth-order valence-corrected chi connectivity index (χ4v) is 6.95. The molecule has 0 saturated carbocycles. The second-order valence-electron chi connectivity index (χ2n) is 10.4. The molecule has 2 amide bonds. The molecule has 1 saturated heterocycles. The number of benzene rings is 2. The lowest BCUT2D eigenvalue weighted by Gasteiger charge is -2.36. The van der Waals surface area contributed by atoms with Crippen LogP contribution in [0, 0.1) is 0 Å². The van der Waals surface area contributed by atoms with E-state index in [2.05, 4.69) is 21.0 Å². The van der Waals surface area contributed by atoms with Crippen LogP contribution in [0.25, 0.3) is 0 Å². The molecule has 0 radical (unpaired) electrons. The zero-order chi connectivity index (χ0) is 28.2. The molecule has 0 bridgehead atoms. The second-order valence-corrected chi connectivity index (χ2v) is 12.5. The van der Waals surface area contributed by atoms with E-state index in [1.54, 1.807) is 30.5 Å². The molecule has 3 N–H and O–H groups in total. The maximum Gasteiger partial charge on any atom is 0.321 e. The van der Waals surface area contributed by atoms with E-state index < -0.39 is 37.3 Å². The number of para-hydroxylation sites is 1. The number of carbonyl (C=O) groups excluding carboxylic acids is 2. The first kappa shape index (κ1) is 27.9. The molecule has 2 atom stereocenters. The average molecular weight is 565 g/mol. The summed E-state index contributed by atoms with van der Waals surface area (Å²) < 4.78 is 32.2. The normalized spacial score (nSPS) is 20.4. The number of ether oxygens (including phenoxy) is 1. The van der Waals surface area contributed by atoms with E-state index in [0.717, 1.165) is 43.3 Å². The average Bonchev–Trinajstić information content (AvgIpc) is 3.23. The van der Waals surface area contributed by atoms with Crippen LogP contribution in [0.5, 0.6) is 0 Å². The van der Waals surface area contributed by atoms with Crippen LogP contribution in [-0.4, -0.2) is 63.8 Å². The van der Waals surface area contributed by atoms with Crippen LogP contribution in [0.1, 0.15) is 34.3 Å². The topological polar surface area (TPSA) is 126 Å². The number of amides is 2. The minimum atomic E-state index is -3.90. The molecule has 5 rings (SSSR count). The molecule has 210 valence electrons. The third kappa shape index (κ3) is 5.50. The summed E-state index contributed by atoms with van der Waals surface area (Å²) in [7, 11) is -3.90. The monoisotopic (exact) mass is 564 g/mol. The number of sulfonamides is 1. The van der Waals surface area contributed by atoms with Gasteiger partial charge < -0.3 is 15.4 Å². The molecule has 2 unspecified atom stereocenters. The molecule has 3 aromatic rings. The van der Waals surface area contributed by atoms with Crippen molar-refractivity contribution < 1.29 is 22.7 Å². The predicted octanol–water partition coefficient (Wildman–Crippen LogP) is 2.03. The van der Waals surface area contributed by atoms with Crippen LogP contribution in [0.3, 0.4) is 0 Å². The Morgan fingerprint density at radius 3 is 2.48 bits per heavy atom. The standard InChI is InChI=1S/C29H33N5O5S/c1-40(37,38)34(21-29(13-16-30-17-14-29)24-11-5-6-12-26(24)34)33-28(36)25(20-39-19-22-8-3-2-4-9-22)32-27(35)23-10-7-15-31-18-23/h2-12,15,18,25,30H,13-14,16-17,19-21H2,1H3,(H-,32,33,35,36)/p+1. The Hall–Kier alpha value is -3.64. The highest BCUT2D eigenvalue weighted by Crippen LogP contribution is 2.50. The van der Waals surface area contributed by atoms with Gasteiger partial charge in [0.05, 0.1) is 30.4 Å². The number of fused-ring (bicyclic) bond motifs is 2. The molecule has 2 aromatic carbocycles. The Kier molecular flexibility index (Phi) is 7.99. The number of hydrogen-bond donors (Lipinski definition) is 3. The van der Waals surface area contributed by atoms with Gasteiger partial charge in [0.1, 0.15) is 12.6 Å². The van der Waals surface area contributed by atoms with Crippen molar-refractivity contribution >= 4 is 27.5 Å². The van der Waals surface area contributed by atoms with Crippen LogP contribution in [-0.2, 0) is 31.6 Å². The number of piperidine rings is 1. The molecule has 10 nitrogen and oxygen atoms in total. The second kappa shape index (κ2) is 11.5. The highest BCUT2D eigenvalue weighted by molar-refractivity contribution is 7.90. The third-order valence-corrected chi connectivity index (χ3v) is 9.30. The lowest BCUT2D eigenvalue weighted by Crippen LogP contribution is -2.68. The minimum absolute atomic E-state index is 0.160. The number of quaternary nitrogens is 1. The van der Waals surface area contributed by atoms with Gasteiger partial charge in [0.15, 0.2) is 5.69 Å². The molecule has 2 aliphatic heterocycles. The van der Waals surface area contributed by atoms with Gasteiger partial charge in [-0.15, -0.1) is 0 Å². The van der Waals surface area contributed by atoms with Crippen molar-refractivity contribution in [3.05, 3.63) is 95.8 Å². The maximum atomic E-state index is 13.9.